The molecule has 0 heteroatoms. The fourth-order valence-corrected chi connectivity index (χ4v) is 2.43. The van der Waals surface area contributed by atoms with E-state index in [0.717, 1.165) is 0 Å². The number of allylic oxidation sites excluding steroid dienone is 2. The van der Waals surface area contributed by atoms with Gasteiger partial charge in [-0.15, -0.1) is 0 Å². The van der Waals surface area contributed by atoms with E-state index in [-0.39, 0.29) is 0 Å². The first kappa shape index (κ1) is 9.51. The Hall–Kier alpha value is -1.04. The van der Waals surface area contributed by atoms with Crippen molar-refractivity contribution < 1.29 is 0 Å². The van der Waals surface area contributed by atoms with Crippen LogP contribution in [0.15, 0.2) is 35.9 Å². The summed E-state index contributed by atoms with van der Waals surface area (Å²) >= 11 is 0. The maximum absolute atomic E-state index is 2.30. The highest BCUT2D eigenvalue weighted by atomic mass is 14.2. The summed E-state index contributed by atoms with van der Waals surface area (Å²) in [7, 11) is 0. The van der Waals surface area contributed by atoms with Gasteiger partial charge in [-0.2, -0.15) is 0 Å². The van der Waals surface area contributed by atoms with Crippen LogP contribution < -0.4 is 0 Å². The van der Waals surface area contributed by atoms with E-state index in [2.05, 4.69) is 44.2 Å². The summed E-state index contributed by atoms with van der Waals surface area (Å²) in [5.74, 6) is 0.685. The van der Waals surface area contributed by atoms with Crippen LogP contribution in [-0.4, -0.2) is 0 Å². The molecule has 74 valence electrons. The summed E-state index contributed by atoms with van der Waals surface area (Å²) < 4.78 is 0. The lowest BCUT2D eigenvalue weighted by atomic mass is 9.79. The molecule has 0 amide bonds. The number of hydrogen-bond acceptors (Lipinski definition) is 0. The third-order valence-electron chi connectivity index (χ3n) is 3.37. The molecule has 1 atom stereocenters. The molecular weight excluding hydrogens is 168 g/mol. The van der Waals surface area contributed by atoms with E-state index in [1.807, 2.05) is 0 Å². The molecule has 1 unspecified atom stereocenters. The zero-order valence-corrected chi connectivity index (χ0v) is 9.09. The van der Waals surface area contributed by atoms with E-state index < -0.39 is 0 Å². The molecule has 14 heavy (non-hydrogen) atoms. The van der Waals surface area contributed by atoms with Gasteiger partial charge in [0.2, 0.25) is 0 Å². The van der Waals surface area contributed by atoms with Crippen LogP contribution in [0, 0.1) is 0 Å². The second-order valence-corrected chi connectivity index (χ2v) is 4.18. The zero-order valence-electron chi connectivity index (χ0n) is 9.09. The highest BCUT2D eigenvalue weighted by Gasteiger charge is 2.20. The van der Waals surface area contributed by atoms with Gasteiger partial charge in [-0.05, 0) is 44.2 Å². The Morgan fingerprint density at radius 3 is 2.93 bits per heavy atom. The maximum atomic E-state index is 2.30. The van der Waals surface area contributed by atoms with Gasteiger partial charge in [0.1, 0.15) is 0 Å². The first-order chi connectivity index (χ1) is 6.83. The Morgan fingerprint density at radius 2 is 2.14 bits per heavy atom. The number of rotatable bonds is 1. The summed E-state index contributed by atoms with van der Waals surface area (Å²) in [6.07, 6.45) is 6.19. The Kier molecular flexibility index (Phi) is 2.72. The highest BCUT2D eigenvalue weighted by molar-refractivity contribution is 5.37. The minimum atomic E-state index is 0.685. The fraction of sp³-hybridized carbons (Fsp3) is 0.429. The van der Waals surface area contributed by atoms with Crippen LogP contribution >= 0.6 is 0 Å². The molecule has 0 heterocycles. The maximum Gasteiger partial charge on any atom is 0.00481 e. The molecule has 2 rings (SSSR count). The molecule has 0 saturated heterocycles. The van der Waals surface area contributed by atoms with Crippen molar-refractivity contribution in [1.29, 1.82) is 0 Å². The summed E-state index contributed by atoms with van der Waals surface area (Å²) in [6.45, 7) is 4.40. The molecule has 0 bridgehead atoms. The van der Waals surface area contributed by atoms with Crippen LogP contribution in [-0.2, 0) is 6.42 Å². The predicted molar refractivity (Wildman–Crippen MR) is 61.6 cm³/mol. The van der Waals surface area contributed by atoms with E-state index in [0.29, 0.717) is 5.92 Å². The first-order valence-electron chi connectivity index (χ1n) is 5.53. The van der Waals surface area contributed by atoms with Crippen molar-refractivity contribution in [2.45, 2.75) is 39.0 Å². The molecule has 0 N–H and O–H groups in total. The van der Waals surface area contributed by atoms with Gasteiger partial charge >= 0.3 is 0 Å². The first-order valence-corrected chi connectivity index (χ1v) is 5.53. The van der Waals surface area contributed by atoms with E-state index >= 15 is 0 Å². The van der Waals surface area contributed by atoms with Gasteiger partial charge < -0.3 is 0 Å². The Balaban J connectivity index is 2.40. The average molecular weight is 186 g/mol. The number of hydrogen-bond donors (Lipinski definition) is 0. The summed E-state index contributed by atoms with van der Waals surface area (Å²) in [6, 6.07) is 8.91. The molecule has 0 nitrogen and oxygen atoms in total. The van der Waals surface area contributed by atoms with Gasteiger partial charge in [-0.1, -0.05) is 35.9 Å². The van der Waals surface area contributed by atoms with Crippen molar-refractivity contribution in [3.63, 3.8) is 0 Å². The molecule has 1 aliphatic carbocycles. The van der Waals surface area contributed by atoms with Crippen molar-refractivity contribution in [1.82, 2.24) is 0 Å². The van der Waals surface area contributed by atoms with Gasteiger partial charge in [0.15, 0.2) is 0 Å². The third-order valence-corrected chi connectivity index (χ3v) is 3.37. The van der Waals surface area contributed by atoms with E-state index in [4.69, 9.17) is 0 Å². The molecule has 0 fully saturated rings. The lowest BCUT2D eigenvalue weighted by Gasteiger charge is -2.26. The minimum Gasteiger partial charge on any atom is -0.0881 e. The quantitative estimate of drug-likeness (QED) is 0.580. The van der Waals surface area contributed by atoms with E-state index in [9.17, 15) is 0 Å². The smallest absolute Gasteiger partial charge is 0.00481 e. The van der Waals surface area contributed by atoms with Crippen molar-refractivity contribution in [2.24, 2.45) is 0 Å². The van der Waals surface area contributed by atoms with Crippen molar-refractivity contribution in [3.05, 3.63) is 47.0 Å². The van der Waals surface area contributed by atoms with E-state index in [1.165, 1.54) is 24.8 Å². The zero-order chi connectivity index (χ0) is 9.97. The number of fused-ring (bicyclic) bond motifs is 1. The summed E-state index contributed by atoms with van der Waals surface area (Å²) in [4.78, 5) is 0. The van der Waals surface area contributed by atoms with Gasteiger partial charge in [-0.3, -0.25) is 0 Å². The molecule has 0 aromatic heterocycles. The van der Waals surface area contributed by atoms with Gasteiger partial charge in [0.05, 0.1) is 0 Å². The van der Waals surface area contributed by atoms with Crippen molar-refractivity contribution in [3.8, 4) is 0 Å². The van der Waals surface area contributed by atoms with Crippen molar-refractivity contribution >= 4 is 0 Å². The van der Waals surface area contributed by atoms with Gasteiger partial charge in [-0.25, -0.2) is 0 Å². The molecule has 1 aromatic carbocycles. The molecule has 0 aliphatic heterocycles. The summed E-state index contributed by atoms with van der Waals surface area (Å²) in [5, 5.41) is 0. The predicted octanol–water partition coefficient (Wildman–Crippen LogP) is 4.07. The summed E-state index contributed by atoms with van der Waals surface area (Å²) in [5.41, 5.74) is 4.65. The largest absolute Gasteiger partial charge is 0.0881 e. The van der Waals surface area contributed by atoms with Crippen LogP contribution in [0.1, 0.15) is 43.7 Å². The molecular formula is C14H18. The SMILES string of the molecule is CC=C(C)C1CCCc2ccccc21. The fourth-order valence-electron chi connectivity index (χ4n) is 2.43. The van der Waals surface area contributed by atoms with E-state index in [1.54, 1.807) is 11.1 Å². The molecule has 0 saturated carbocycles. The number of benzene rings is 1. The van der Waals surface area contributed by atoms with Crippen LogP contribution in [0.4, 0.5) is 0 Å². The lowest BCUT2D eigenvalue weighted by molar-refractivity contribution is 0.607. The van der Waals surface area contributed by atoms with Gasteiger partial charge in [0.25, 0.3) is 0 Å². The Labute approximate surface area is 86.7 Å². The second kappa shape index (κ2) is 4.00. The highest BCUT2D eigenvalue weighted by Crippen LogP contribution is 2.36. The monoisotopic (exact) mass is 186 g/mol. The Morgan fingerprint density at radius 1 is 1.36 bits per heavy atom. The third kappa shape index (κ3) is 1.61. The van der Waals surface area contributed by atoms with Crippen LogP contribution in [0.3, 0.4) is 0 Å². The van der Waals surface area contributed by atoms with Crippen LogP contribution in [0.2, 0.25) is 0 Å². The normalized spacial score (nSPS) is 21.9. The molecule has 0 radical (unpaired) electrons. The molecule has 1 aromatic rings. The molecule has 0 spiro atoms. The average Bonchev–Trinajstić information content (AvgIpc) is 2.27. The number of aryl methyl sites for hydroxylation is 1. The topological polar surface area (TPSA) is 0 Å². The van der Waals surface area contributed by atoms with Crippen LogP contribution in [0.25, 0.3) is 0 Å². The van der Waals surface area contributed by atoms with Gasteiger partial charge in [0, 0.05) is 5.92 Å². The van der Waals surface area contributed by atoms with Crippen molar-refractivity contribution in [2.75, 3.05) is 0 Å². The second-order valence-electron chi connectivity index (χ2n) is 4.18. The van der Waals surface area contributed by atoms with Crippen LogP contribution in [0.5, 0.6) is 0 Å². The standard InChI is InChI=1S/C14H18/c1-3-11(2)13-10-6-8-12-7-4-5-9-14(12)13/h3-5,7,9,13H,6,8,10H2,1-2H3. The minimum absolute atomic E-state index is 0.685. The lowest BCUT2D eigenvalue weighted by Crippen LogP contribution is -2.10. The molecule has 1 aliphatic rings. The Bertz CT molecular complexity index is 347.